The number of rotatable bonds is 2. The van der Waals surface area contributed by atoms with Crippen LogP contribution in [0.25, 0.3) is 5.69 Å². The van der Waals surface area contributed by atoms with Crippen molar-refractivity contribution in [1.82, 2.24) is 9.36 Å². The maximum Gasteiger partial charge on any atom is 0.286 e. The average molecular weight is 311 g/mol. The molecule has 0 aliphatic rings. The number of nitrogens with zero attached hydrogens (tertiary/aromatic N) is 3. The third kappa shape index (κ3) is 2.43. The first-order valence-electron chi connectivity index (χ1n) is 5.06. The molecular formula is C12H11N3OSZn. The van der Waals surface area contributed by atoms with Crippen molar-refractivity contribution in [2.24, 2.45) is 7.05 Å². The zero-order chi connectivity index (χ0) is 12.4. The normalized spacial score (nSPS) is 9.61. The Labute approximate surface area is 122 Å². The predicted molar refractivity (Wildman–Crippen MR) is 67.2 cm³/mol. The molecule has 0 unspecified atom stereocenters. The Balaban J connectivity index is 0.00000162. The average Bonchev–Trinajstić information content (AvgIpc) is 2.55. The molecule has 0 bridgehead atoms. The Morgan fingerprint density at radius 3 is 2.44 bits per heavy atom. The van der Waals surface area contributed by atoms with Crippen LogP contribution in [0.4, 0.5) is 0 Å². The van der Waals surface area contributed by atoms with Crippen molar-refractivity contribution in [3.63, 3.8) is 0 Å². The van der Waals surface area contributed by atoms with Gasteiger partial charge in [-0.2, -0.15) is 5.26 Å². The van der Waals surface area contributed by atoms with Gasteiger partial charge in [-0.05, 0) is 30.8 Å². The minimum atomic E-state index is -0.150. The second-order valence-electron chi connectivity index (χ2n) is 3.58. The fraction of sp³-hybridized carbons (Fsp3) is 0.167. The number of hydrogen-bond acceptors (Lipinski definition) is 3. The van der Waals surface area contributed by atoms with E-state index in [2.05, 4.69) is 0 Å². The summed E-state index contributed by atoms with van der Waals surface area (Å²) in [6.45, 7) is 1.83. The molecule has 4 nitrogen and oxygen atoms in total. The van der Waals surface area contributed by atoms with Crippen molar-refractivity contribution in [1.29, 1.82) is 5.26 Å². The van der Waals surface area contributed by atoms with Crippen LogP contribution >= 0.6 is 11.8 Å². The predicted octanol–water partition coefficient (Wildman–Crippen LogP) is 2.06. The monoisotopic (exact) mass is 309 g/mol. The van der Waals surface area contributed by atoms with E-state index in [1.807, 2.05) is 49.7 Å². The van der Waals surface area contributed by atoms with Crippen molar-refractivity contribution in [2.45, 2.75) is 11.8 Å². The van der Waals surface area contributed by atoms with E-state index in [0.717, 1.165) is 23.1 Å². The first-order chi connectivity index (χ1) is 8.16. The van der Waals surface area contributed by atoms with E-state index in [4.69, 9.17) is 5.26 Å². The third-order valence-corrected chi connectivity index (χ3v) is 3.41. The van der Waals surface area contributed by atoms with Gasteiger partial charge < -0.3 is 0 Å². The van der Waals surface area contributed by atoms with Crippen LogP contribution in [0, 0.1) is 17.6 Å². The Morgan fingerprint density at radius 2 is 1.89 bits per heavy atom. The minimum Gasteiger partial charge on any atom is -0.284 e. The molecule has 2 aromatic rings. The van der Waals surface area contributed by atoms with Gasteiger partial charge >= 0.3 is 0 Å². The van der Waals surface area contributed by atoms with Gasteiger partial charge in [0.15, 0.2) is 0 Å². The van der Waals surface area contributed by atoms with Crippen LogP contribution in [0.2, 0.25) is 0 Å². The summed E-state index contributed by atoms with van der Waals surface area (Å²) < 4.78 is 3.33. The van der Waals surface area contributed by atoms with E-state index in [-0.39, 0.29) is 25.0 Å². The van der Waals surface area contributed by atoms with Crippen LogP contribution in [0.15, 0.2) is 40.0 Å². The summed E-state index contributed by atoms with van der Waals surface area (Å²) >= 11 is 0.910. The standard InChI is InChI=1S/C12H11N3OS.Zn/c1-9-11(17-8-13)12(16)15(14(9)2)10-6-4-3-5-7-10;/h3-7H,1-2H3;. The SMILES string of the molecule is Cc1c(SC#N)c(=O)n(-c2ccccc2)n1C.[Zn]. The maximum absolute atomic E-state index is 12.2. The minimum absolute atomic E-state index is 0. The van der Waals surface area contributed by atoms with Crippen LogP contribution in [0.5, 0.6) is 0 Å². The molecule has 18 heavy (non-hydrogen) atoms. The molecule has 6 heteroatoms. The Bertz CT molecular complexity index is 640. The fourth-order valence-corrected chi connectivity index (χ4v) is 2.25. The van der Waals surface area contributed by atoms with Gasteiger partial charge in [0.1, 0.15) is 10.3 Å². The number of nitriles is 1. The van der Waals surface area contributed by atoms with Crippen molar-refractivity contribution < 1.29 is 19.5 Å². The van der Waals surface area contributed by atoms with Gasteiger partial charge in [0.05, 0.1) is 11.4 Å². The molecule has 1 aromatic carbocycles. The number of hydrogen-bond donors (Lipinski definition) is 0. The zero-order valence-electron chi connectivity index (χ0n) is 10.3. The van der Waals surface area contributed by atoms with Gasteiger partial charge in [0.25, 0.3) is 5.56 Å². The summed E-state index contributed by atoms with van der Waals surface area (Å²) in [7, 11) is 1.81. The maximum atomic E-state index is 12.2. The number of para-hydroxylation sites is 1. The molecule has 1 aromatic heterocycles. The molecule has 88 valence electrons. The quantitative estimate of drug-likeness (QED) is 0.485. The van der Waals surface area contributed by atoms with Gasteiger partial charge in [0, 0.05) is 26.5 Å². The van der Waals surface area contributed by atoms with Gasteiger partial charge in [0.2, 0.25) is 0 Å². The Hall–Kier alpha value is -1.31. The number of thioether (sulfide) groups is 1. The smallest absolute Gasteiger partial charge is 0.284 e. The number of benzene rings is 1. The van der Waals surface area contributed by atoms with Crippen LogP contribution < -0.4 is 5.56 Å². The number of thiocyanates is 1. The second-order valence-corrected chi connectivity index (χ2v) is 4.38. The van der Waals surface area contributed by atoms with E-state index in [9.17, 15) is 4.79 Å². The molecule has 0 radical (unpaired) electrons. The molecule has 0 spiro atoms. The fourth-order valence-electron chi connectivity index (χ4n) is 1.71. The summed E-state index contributed by atoms with van der Waals surface area (Å²) in [6, 6.07) is 9.38. The molecule has 1 heterocycles. The van der Waals surface area contributed by atoms with Crippen molar-refractivity contribution in [3.05, 3.63) is 46.4 Å². The van der Waals surface area contributed by atoms with Crippen LogP contribution in [0.3, 0.4) is 0 Å². The first-order valence-corrected chi connectivity index (χ1v) is 5.88. The molecule has 0 N–H and O–H groups in total. The molecule has 2 rings (SSSR count). The van der Waals surface area contributed by atoms with Crippen LogP contribution in [-0.4, -0.2) is 9.36 Å². The van der Waals surface area contributed by atoms with E-state index < -0.39 is 0 Å². The molecule has 0 saturated heterocycles. The Morgan fingerprint density at radius 1 is 1.28 bits per heavy atom. The molecule has 0 aliphatic carbocycles. The largest absolute Gasteiger partial charge is 0.286 e. The summed E-state index contributed by atoms with van der Waals surface area (Å²) in [4.78, 5) is 12.7. The molecule has 0 aliphatic heterocycles. The molecular weight excluding hydrogens is 300 g/mol. The van der Waals surface area contributed by atoms with Crippen molar-refractivity contribution in [2.75, 3.05) is 0 Å². The van der Waals surface area contributed by atoms with Crippen molar-refractivity contribution >= 4 is 11.8 Å². The summed E-state index contributed by atoms with van der Waals surface area (Å²) in [6.07, 6.45) is 0. The van der Waals surface area contributed by atoms with Crippen LogP contribution in [-0.2, 0) is 26.5 Å². The van der Waals surface area contributed by atoms with Gasteiger partial charge in [-0.3, -0.25) is 9.48 Å². The summed E-state index contributed by atoms with van der Waals surface area (Å²) in [5.41, 5.74) is 1.45. The van der Waals surface area contributed by atoms with Crippen molar-refractivity contribution in [3.8, 4) is 11.1 Å². The summed E-state index contributed by atoms with van der Waals surface area (Å²) in [5.74, 6) is 0. The van der Waals surface area contributed by atoms with Gasteiger partial charge in [-0.15, -0.1) is 0 Å². The third-order valence-electron chi connectivity index (χ3n) is 2.65. The molecule has 0 fully saturated rings. The Kier molecular flexibility index (Phi) is 4.95. The zero-order valence-corrected chi connectivity index (χ0v) is 14.0. The van der Waals surface area contributed by atoms with E-state index in [1.54, 1.807) is 9.36 Å². The van der Waals surface area contributed by atoms with Gasteiger partial charge in [-0.25, -0.2) is 4.68 Å². The molecule has 0 atom stereocenters. The summed E-state index contributed by atoms with van der Waals surface area (Å²) in [5, 5.41) is 10.6. The molecule has 0 amide bonds. The molecule has 0 saturated carbocycles. The topological polar surface area (TPSA) is 50.7 Å². The number of aromatic nitrogens is 2. The van der Waals surface area contributed by atoms with E-state index in [1.165, 1.54) is 0 Å². The van der Waals surface area contributed by atoms with Crippen LogP contribution in [0.1, 0.15) is 5.69 Å². The van der Waals surface area contributed by atoms with E-state index in [0.29, 0.717) is 4.90 Å². The van der Waals surface area contributed by atoms with Gasteiger partial charge in [-0.1, -0.05) is 18.2 Å². The van der Waals surface area contributed by atoms with E-state index >= 15 is 0 Å². The second kappa shape index (κ2) is 6.04. The first kappa shape index (κ1) is 14.8.